The molecule has 5 rings (SSSR count). The van der Waals surface area contributed by atoms with Gasteiger partial charge < -0.3 is 20.1 Å². The number of aromatic nitrogens is 2. The van der Waals surface area contributed by atoms with Crippen LogP contribution >= 0.6 is 35.6 Å². The number of methoxy groups -OCH3 is 1. The van der Waals surface area contributed by atoms with Crippen LogP contribution < -0.4 is 20.1 Å². The maximum atomic E-state index is 6.22. The van der Waals surface area contributed by atoms with Crippen molar-refractivity contribution in [1.82, 2.24) is 15.3 Å². The van der Waals surface area contributed by atoms with Crippen LogP contribution in [0.15, 0.2) is 36.7 Å². The summed E-state index contributed by atoms with van der Waals surface area (Å²) < 4.78 is 11.9. The smallest absolute Gasteiger partial charge is 0.163 e. The fraction of sp³-hybridized carbons (Fsp3) is 0.391. The third-order valence-corrected chi connectivity index (χ3v) is 6.89. The Kier molecular flexibility index (Phi) is 7.15. The number of fused-ring (bicyclic) bond motifs is 3. The molecule has 2 aliphatic heterocycles. The monoisotopic (exact) mass is 494 g/mol. The first-order valence-corrected chi connectivity index (χ1v) is 11.3. The Labute approximate surface area is 203 Å². The summed E-state index contributed by atoms with van der Waals surface area (Å²) in [6.45, 7) is 0.690. The Morgan fingerprint density at radius 1 is 1.03 bits per heavy atom. The van der Waals surface area contributed by atoms with E-state index in [1.165, 1.54) is 32.0 Å². The van der Waals surface area contributed by atoms with Crippen molar-refractivity contribution < 1.29 is 9.47 Å². The van der Waals surface area contributed by atoms with Gasteiger partial charge in [-0.15, -0.1) is 12.4 Å². The lowest BCUT2D eigenvalue weighted by Crippen LogP contribution is -2.39. The molecule has 1 unspecified atom stereocenters. The molecule has 2 fully saturated rings. The van der Waals surface area contributed by atoms with E-state index in [9.17, 15) is 0 Å². The van der Waals surface area contributed by atoms with Gasteiger partial charge in [0.15, 0.2) is 11.5 Å². The average molecular weight is 496 g/mol. The minimum atomic E-state index is 0. The maximum absolute atomic E-state index is 6.22. The first-order chi connectivity index (χ1) is 15.1. The Morgan fingerprint density at radius 2 is 1.81 bits per heavy atom. The van der Waals surface area contributed by atoms with Crippen LogP contribution in [0, 0.1) is 5.92 Å². The summed E-state index contributed by atoms with van der Waals surface area (Å²) in [5.41, 5.74) is 1.56. The predicted octanol–water partition coefficient (Wildman–Crippen LogP) is 6.02. The minimum Gasteiger partial charge on any atom is -0.493 e. The van der Waals surface area contributed by atoms with E-state index in [1.54, 1.807) is 19.2 Å². The van der Waals surface area contributed by atoms with Gasteiger partial charge in [0.25, 0.3) is 0 Å². The number of ether oxygens (including phenoxy) is 2. The summed E-state index contributed by atoms with van der Waals surface area (Å²) in [4.78, 5) is 8.84. The molecule has 3 heterocycles. The van der Waals surface area contributed by atoms with Crippen molar-refractivity contribution in [2.75, 3.05) is 19.0 Å². The molecule has 170 valence electrons. The third-order valence-electron chi connectivity index (χ3n) is 6.15. The van der Waals surface area contributed by atoms with Crippen molar-refractivity contribution in [3.05, 3.63) is 46.7 Å². The van der Waals surface area contributed by atoms with Crippen LogP contribution in [0.3, 0.4) is 0 Å². The van der Waals surface area contributed by atoms with Gasteiger partial charge in [0.2, 0.25) is 0 Å². The van der Waals surface area contributed by atoms with Crippen molar-refractivity contribution in [1.29, 1.82) is 0 Å². The number of hydrogen-bond donors (Lipinski definition) is 2. The average Bonchev–Trinajstić information content (AvgIpc) is 3.12. The second kappa shape index (κ2) is 9.87. The van der Waals surface area contributed by atoms with E-state index < -0.39 is 0 Å². The zero-order valence-corrected chi connectivity index (χ0v) is 19.9. The molecule has 0 saturated carbocycles. The summed E-state index contributed by atoms with van der Waals surface area (Å²) in [5.74, 6) is 2.59. The van der Waals surface area contributed by atoms with Gasteiger partial charge in [-0.05, 0) is 55.9 Å². The van der Waals surface area contributed by atoms with E-state index in [2.05, 4.69) is 20.6 Å². The number of benzene rings is 2. The van der Waals surface area contributed by atoms with Gasteiger partial charge in [0, 0.05) is 29.2 Å². The summed E-state index contributed by atoms with van der Waals surface area (Å²) >= 11 is 12.2. The van der Waals surface area contributed by atoms with Crippen molar-refractivity contribution in [3.63, 3.8) is 0 Å². The normalized spacial score (nSPS) is 21.8. The lowest BCUT2D eigenvalue weighted by Gasteiger charge is -2.29. The number of halogens is 3. The highest BCUT2D eigenvalue weighted by Crippen LogP contribution is 2.37. The highest BCUT2D eigenvalue weighted by Gasteiger charge is 2.33. The van der Waals surface area contributed by atoms with E-state index >= 15 is 0 Å². The van der Waals surface area contributed by atoms with Gasteiger partial charge in [-0.25, -0.2) is 9.97 Å². The number of nitrogens with zero attached hydrogens (tertiary/aromatic N) is 2. The number of rotatable bonds is 6. The van der Waals surface area contributed by atoms with Gasteiger partial charge in [-0.2, -0.15) is 0 Å². The SMILES string of the molecule is COc1cc2c(Nc3ccc(Cl)c(Cl)c3)ncnc2cc1OCC1C[C@H]2CC[C@@H](C1)N2.Cl. The van der Waals surface area contributed by atoms with Crippen LogP contribution in [-0.4, -0.2) is 35.8 Å². The van der Waals surface area contributed by atoms with E-state index in [0.29, 0.717) is 52.0 Å². The molecule has 6 nitrogen and oxygen atoms in total. The Bertz CT molecular complexity index is 1100. The zero-order chi connectivity index (χ0) is 21.4. The number of nitrogens with one attached hydrogen (secondary N) is 2. The fourth-order valence-electron chi connectivity index (χ4n) is 4.67. The number of hydrogen-bond acceptors (Lipinski definition) is 6. The van der Waals surface area contributed by atoms with E-state index in [1.807, 2.05) is 18.2 Å². The molecule has 1 aromatic heterocycles. The van der Waals surface area contributed by atoms with Crippen molar-refractivity contribution >= 4 is 58.0 Å². The van der Waals surface area contributed by atoms with Crippen LogP contribution in [-0.2, 0) is 0 Å². The first-order valence-electron chi connectivity index (χ1n) is 10.5. The molecule has 0 spiro atoms. The molecule has 0 amide bonds. The van der Waals surface area contributed by atoms with Crippen molar-refractivity contribution in [2.24, 2.45) is 5.92 Å². The fourth-order valence-corrected chi connectivity index (χ4v) is 4.96. The topological polar surface area (TPSA) is 68.3 Å². The highest BCUT2D eigenvalue weighted by atomic mass is 35.5. The Hall–Kier alpha value is -1.99. The molecule has 2 aliphatic rings. The summed E-state index contributed by atoms with van der Waals surface area (Å²) in [5, 5.41) is 8.78. The van der Waals surface area contributed by atoms with Crippen molar-refractivity contribution in [3.8, 4) is 11.5 Å². The van der Waals surface area contributed by atoms with E-state index in [-0.39, 0.29) is 12.4 Å². The molecule has 2 bridgehead atoms. The second-order valence-corrected chi connectivity index (χ2v) is 9.10. The lowest BCUT2D eigenvalue weighted by molar-refractivity contribution is 0.185. The van der Waals surface area contributed by atoms with Crippen molar-refractivity contribution in [2.45, 2.75) is 37.8 Å². The van der Waals surface area contributed by atoms with Crippen LogP contribution in [0.5, 0.6) is 11.5 Å². The standard InChI is InChI=1S/C23H24Cl2N4O2.ClH/c1-30-21-9-17-20(10-22(21)31-11-13-6-14-2-3-15(7-13)28-14)26-12-27-23(17)29-16-4-5-18(24)19(25)8-16;/h4-5,8-10,12-15,28H,2-3,6-7,11H2,1H3,(H,26,27,29);1H/t13?,14-,15+;. The summed E-state index contributed by atoms with van der Waals surface area (Å²) in [6.07, 6.45) is 6.44. The van der Waals surface area contributed by atoms with Crippen LogP contribution in [0.1, 0.15) is 25.7 Å². The van der Waals surface area contributed by atoms with Gasteiger partial charge in [0.05, 0.1) is 29.3 Å². The molecule has 2 N–H and O–H groups in total. The van der Waals surface area contributed by atoms with Crippen LogP contribution in [0.2, 0.25) is 10.0 Å². The number of anilines is 2. The molecule has 2 aromatic carbocycles. The quantitative estimate of drug-likeness (QED) is 0.436. The molecule has 9 heteroatoms. The molecule has 0 aliphatic carbocycles. The number of piperidine rings is 1. The maximum Gasteiger partial charge on any atom is 0.163 e. The molecule has 3 atom stereocenters. The summed E-state index contributed by atoms with van der Waals surface area (Å²) in [6, 6.07) is 10.5. The summed E-state index contributed by atoms with van der Waals surface area (Å²) in [7, 11) is 1.65. The molecule has 3 aromatic rings. The minimum absolute atomic E-state index is 0. The molecular weight excluding hydrogens is 471 g/mol. The predicted molar refractivity (Wildman–Crippen MR) is 131 cm³/mol. The molecule has 2 saturated heterocycles. The van der Waals surface area contributed by atoms with Gasteiger partial charge in [-0.1, -0.05) is 23.2 Å². The highest BCUT2D eigenvalue weighted by molar-refractivity contribution is 6.42. The molecular formula is C23H25Cl3N4O2. The second-order valence-electron chi connectivity index (χ2n) is 8.28. The Balaban J connectivity index is 0.00000245. The van der Waals surface area contributed by atoms with E-state index in [0.717, 1.165) is 16.6 Å². The largest absolute Gasteiger partial charge is 0.493 e. The third kappa shape index (κ3) is 4.84. The first kappa shape index (κ1) is 23.2. The molecule has 32 heavy (non-hydrogen) atoms. The van der Waals surface area contributed by atoms with Crippen LogP contribution in [0.25, 0.3) is 10.9 Å². The van der Waals surface area contributed by atoms with E-state index in [4.69, 9.17) is 32.7 Å². The zero-order valence-electron chi connectivity index (χ0n) is 17.6. The van der Waals surface area contributed by atoms with Gasteiger partial charge in [-0.3, -0.25) is 0 Å². The Morgan fingerprint density at radius 3 is 2.53 bits per heavy atom. The van der Waals surface area contributed by atoms with Gasteiger partial charge in [0.1, 0.15) is 12.1 Å². The molecule has 0 radical (unpaired) electrons. The van der Waals surface area contributed by atoms with Crippen LogP contribution in [0.4, 0.5) is 11.5 Å². The lowest BCUT2D eigenvalue weighted by atomic mass is 9.93. The van der Waals surface area contributed by atoms with Gasteiger partial charge >= 0.3 is 0 Å².